The van der Waals surface area contributed by atoms with Gasteiger partial charge in [0.15, 0.2) is 6.29 Å². The normalized spacial score (nSPS) is 14.6. The van der Waals surface area contributed by atoms with Crippen molar-refractivity contribution < 1.29 is 19.0 Å². The van der Waals surface area contributed by atoms with Crippen LogP contribution in [0.3, 0.4) is 0 Å². The van der Waals surface area contributed by atoms with Gasteiger partial charge in [-0.15, -0.1) is 0 Å². The lowest BCUT2D eigenvalue weighted by molar-refractivity contribution is -0.229. The quantitative estimate of drug-likeness (QED) is 0.383. The molecule has 0 aromatic carbocycles. The molecule has 94 valence electrons. The molecule has 0 fully saturated rings. The van der Waals surface area contributed by atoms with Gasteiger partial charge in [0.05, 0.1) is 6.61 Å². The molecule has 2 atom stereocenters. The molecule has 0 amide bonds. The second kappa shape index (κ2) is 7.41. The smallest absolute Gasteiger partial charge is 0.335 e. The van der Waals surface area contributed by atoms with Crippen molar-refractivity contribution in [3.63, 3.8) is 0 Å². The van der Waals surface area contributed by atoms with Gasteiger partial charge in [-0.3, -0.25) is 0 Å². The van der Waals surface area contributed by atoms with Crippen LogP contribution in [0.2, 0.25) is 0 Å². The first-order valence-corrected chi connectivity index (χ1v) is 5.46. The fourth-order valence-electron chi connectivity index (χ4n) is 0.916. The van der Waals surface area contributed by atoms with E-state index in [4.69, 9.17) is 14.2 Å². The highest BCUT2D eigenvalue weighted by molar-refractivity contribution is 5.86. The number of hydrogen-bond acceptors (Lipinski definition) is 4. The monoisotopic (exact) mass is 230 g/mol. The lowest BCUT2D eigenvalue weighted by Crippen LogP contribution is -2.25. The Kier molecular flexibility index (Phi) is 7.01. The van der Waals surface area contributed by atoms with Crippen LogP contribution in [0.4, 0.5) is 0 Å². The number of ether oxygens (including phenoxy) is 3. The summed E-state index contributed by atoms with van der Waals surface area (Å²) in [5, 5.41) is 0. The summed E-state index contributed by atoms with van der Waals surface area (Å²) in [6.07, 6.45) is -1.03. The molecule has 4 heteroatoms. The van der Waals surface area contributed by atoms with Crippen LogP contribution >= 0.6 is 0 Å². The molecule has 0 rings (SSSR count). The van der Waals surface area contributed by atoms with E-state index < -0.39 is 18.5 Å². The third-order valence-corrected chi connectivity index (χ3v) is 1.67. The third kappa shape index (κ3) is 7.43. The Morgan fingerprint density at radius 1 is 1.19 bits per heavy atom. The number of rotatable bonds is 7. The van der Waals surface area contributed by atoms with Crippen molar-refractivity contribution >= 4 is 5.97 Å². The van der Waals surface area contributed by atoms with Crippen LogP contribution in [0.1, 0.15) is 34.6 Å². The Balaban J connectivity index is 3.82. The van der Waals surface area contributed by atoms with Gasteiger partial charge in [-0.2, -0.15) is 0 Å². The SMILES string of the molecule is C=C(C)C(=O)OC(C)OC(C)OCC(C)C. The Morgan fingerprint density at radius 2 is 1.75 bits per heavy atom. The zero-order valence-corrected chi connectivity index (χ0v) is 10.8. The summed E-state index contributed by atoms with van der Waals surface area (Å²) in [7, 11) is 0. The summed E-state index contributed by atoms with van der Waals surface area (Å²) in [6.45, 7) is 13.2. The van der Waals surface area contributed by atoms with E-state index >= 15 is 0 Å². The summed E-state index contributed by atoms with van der Waals surface area (Å²) in [5.74, 6) is -0.0112. The highest BCUT2D eigenvalue weighted by Crippen LogP contribution is 2.05. The van der Waals surface area contributed by atoms with Crippen LogP contribution in [0.5, 0.6) is 0 Å². The van der Waals surface area contributed by atoms with Crippen molar-refractivity contribution in [1.29, 1.82) is 0 Å². The van der Waals surface area contributed by atoms with Crippen molar-refractivity contribution in [2.45, 2.75) is 47.2 Å². The first-order chi connectivity index (χ1) is 7.32. The standard InChI is InChI=1S/C12H22O4/c1-8(2)7-14-10(5)15-11(6)16-12(13)9(3)4/h8,10-11H,3,7H2,1-2,4-6H3. The summed E-state index contributed by atoms with van der Waals surface area (Å²) >= 11 is 0. The van der Waals surface area contributed by atoms with Gasteiger partial charge in [0, 0.05) is 5.57 Å². The molecule has 0 saturated heterocycles. The molecule has 0 aromatic rings. The molecule has 0 heterocycles. The first-order valence-electron chi connectivity index (χ1n) is 5.46. The van der Waals surface area contributed by atoms with E-state index in [-0.39, 0.29) is 0 Å². The van der Waals surface area contributed by atoms with Crippen LogP contribution in [0, 0.1) is 5.92 Å². The zero-order valence-electron chi connectivity index (χ0n) is 10.8. The van der Waals surface area contributed by atoms with E-state index in [1.807, 2.05) is 0 Å². The molecule has 0 aliphatic rings. The maximum Gasteiger partial charge on any atom is 0.335 e. The Morgan fingerprint density at radius 3 is 2.19 bits per heavy atom. The van der Waals surface area contributed by atoms with E-state index in [0.717, 1.165) is 0 Å². The molecular weight excluding hydrogens is 208 g/mol. The molecule has 2 unspecified atom stereocenters. The number of hydrogen-bond donors (Lipinski definition) is 0. The average molecular weight is 230 g/mol. The lowest BCUT2D eigenvalue weighted by atomic mass is 10.2. The summed E-state index contributed by atoms with van der Waals surface area (Å²) < 4.78 is 15.6. The maximum atomic E-state index is 11.2. The van der Waals surface area contributed by atoms with Gasteiger partial charge >= 0.3 is 5.97 Å². The fourth-order valence-corrected chi connectivity index (χ4v) is 0.916. The van der Waals surface area contributed by atoms with Crippen molar-refractivity contribution in [1.82, 2.24) is 0 Å². The van der Waals surface area contributed by atoms with Crippen LogP contribution in [-0.4, -0.2) is 25.2 Å². The fraction of sp³-hybridized carbons (Fsp3) is 0.750. The lowest BCUT2D eigenvalue weighted by Gasteiger charge is -2.20. The van der Waals surface area contributed by atoms with Gasteiger partial charge in [-0.05, 0) is 26.7 Å². The molecule has 0 bridgehead atoms. The summed E-state index contributed by atoms with van der Waals surface area (Å²) in [4.78, 5) is 11.2. The van der Waals surface area contributed by atoms with Gasteiger partial charge in [0.1, 0.15) is 0 Å². The molecule has 16 heavy (non-hydrogen) atoms. The minimum Gasteiger partial charge on any atom is -0.433 e. The summed E-state index contributed by atoms with van der Waals surface area (Å²) in [6, 6.07) is 0. The van der Waals surface area contributed by atoms with E-state index in [0.29, 0.717) is 18.1 Å². The minimum absolute atomic E-state index is 0.353. The molecule has 0 aromatic heterocycles. The van der Waals surface area contributed by atoms with Gasteiger partial charge < -0.3 is 14.2 Å². The zero-order chi connectivity index (χ0) is 12.7. The predicted octanol–water partition coefficient (Wildman–Crippen LogP) is 2.49. The van der Waals surface area contributed by atoms with Crippen LogP contribution in [0.25, 0.3) is 0 Å². The molecular formula is C12H22O4. The number of carbonyl (C=O) groups is 1. The van der Waals surface area contributed by atoms with Crippen molar-refractivity contribution in [3.05, 3.63) is 12.2 Å². The molecule has 0 N–H and O–H groups in total. The first kappa shape index (κ1) is 15.1. The van der Waals surface area contributed by atoms with E-state index in [1.54, 1.807) is 20.8 Å². The van der Waals surface area contributed by atoms with Crippen LogP contribution < -0.4 is 0 Å². The van der Waals surface area contributed by atoms with Crippen LogP contribution in [0.15, 0.2) is 12.2 Å². The predicted molar refractivity (Wildman–Crippen MR) is 61.7 cm³/mol. The number of esters is 1. The van der Waals surface area contributed by atoms with Crippen molar-refractivity contribution in [2.24, 2.45) is 5.92 Å². The number of carbonyl (C=O) groups excluding carboxylic acids is 1. The summed E-state index contributed by atoms with van der Waals surface area (Å²) in [5.41, 5.74) is 0.353. The van der Waals surface area contributed by atoms with Crippen molar-refractivity contribution in [2.75, 3.05) is 6.61 Å². The van der Waals surface area contributed by atoms with Gasteiger partial charge in [0.25, 0.3) is 0 Å². The Hall–Kier alpha value is -0.870. The molecule has 0 aliphatic heterocycles. The molecule has 0 aliphatic carbocycles. The second-order valence-electron chi connectivity index (χ2n) is 4.18. The Labute approximate surface area is 97.6 Å². The van der Waals surface area contributed by atoms with Gasteiger partial charge in [0.2, 0.25) is 6.29 Å². The molecule has 0 radical (unpaired) electrons. The largest absolute Gasteiger partial charge is 0.433 e. The highest BCUT2D eigenvalue weighted by Gasteiger charge is 2.14. The third-order valence-electron chi connectivity index (χ3n) is 1.67. The molecule has 0 spiro atoms. The highest BCUT2D eigenvalue weighted by atomic mass is 16.8. The van der Waals surface area contributed by atoms with E-state index in [2.05, 4.69) is 20.4 Å². The average Bonchev–Trinajstić information content (AvgIpc) is 2.14. The van der Waals surface area contributed by atoms with Crippen LogP contribution in [-0.2, 0) is 19.0 Å². The minimum atomic E-state index is -0.633. The maximum absolute atomic E-state index is 11.2. The topological polar surface area (TPSA) is 44.8 Å². The second-order valence-corrected chi connectivity index (χ2v) is 4.18. The van der Waals surface area contributed by atoms with E-state index in [1.165, 1.54) is 0 Å². The van der Waals surface area contributed by atoms with Gasteiger partial charge in [-0.25, -0.2) is 4.79 Å². The van der Waals surface area contributed by atoms with Crippen molar-refractivity contribution in [3.8, 4) is 0 Å². The van der Waals surface area contributed by atoms with Gasteiger partial charge in [-0.1, -0.05) is 20.4 Å². The Bertz CT molecular complexity index is 235. The van der Waals surface area contributed by atoms with E-state index in [9.17, 15) is 4.79 Å². The molecule has 0 saturated carbocycles. The molecule has 4 nitrogen and oxygen atoms in total.